The van der Waals surface area contributed by atoms with E-state index in [-0.39, 0.29) is 29.0 Å². The molecule has 0 radical (unpaired) electrons. The molecule has 0 spiro atoms. The number of amides is 1. The molecule has 0 aliphatic heterocycles. The van der Waals surface area contributed by atoms with Gasteiger partial charge in [-0.1, -0.05) is 0 Å². The fourth-order valence-corrected chi connectivity index (χ4v) is 5.48. The predicted molar refractivity (Wildman–Crippen MR) is 115 cm³/mol. The molecule has 0 atom stereocenters. The zero-order valence-corrected chi connectivity index (χ0v) is 19.0. The van der Waals surface area contributed by atoms with E-state index in [0.717, 1.165) is 17.1 Å². The van der Waals surface area contributed by atoms with E-state index in [2.05, 4.69) is 10.0 Å². The first-order valence-electron chi connectivity index (χ1n) is 9.79. The Morgan fingerprint density at radius 1 is 1.03 bits per heavy atom. The van der Waals surface area contributed by atoms with Crippen molar-refractivity contribution in [2.75, 3.05) is 32.1 Å². The van der Waals surface area contributed by atoms with Crippen LogP contribution in [-0.2, 0) is 29.6 Å². The van der Waals surface area contributed by atoms with E-state index in [9.17, 15) is 26.0 Å². The topological polar surface area (TPSA) is 122 Å². The minimum atomic E-state index is -4.12. The summed E-state index contributed by atoms with van der Waals surface area (Å²) < 4.78 is 72.2. The minimum absolute atomic E-state index is 0.0409. The summed E-state index contributed by atoms with van der Waals surface area (Å²) in [5.41, 5.74) is 0.318. The number of rotatable bonds is 11. The van der Waals surface area contributed by atoms with Crippen LogP contribution in [0.3, 0.4) is 0 Å². The van der Waals surface area contributed by atoms with Gasteiger partial charge in [-0.15, -0.1) is 0 Å². The van der Waals surface area contributed by atoms with Gasteiger partial charge < -0.3 is 10.1 Å². The lowest BCUT2D eigenvalue weighted by Gasteiger charge is -2.21. The first kappa shape index (κ1) is 24.3. The van der Waals surface area contributed by atoms with Crippen LogP contribution in [0.5, 0.6) is 0 Å². The van der Waals surface area contributed by atoms with Gasteiger partial charge in [-0.05, 0) is 61.4 Å². The molecule has 174 valence electrons. The number of benzene rings is 2. The molecule has 2 aromatic rings. The highest BCUT2D eigenvalue weighted by atomic mass is 32.2. The van der Waals surface area contributed by atoms with Crippen molar-refractivity contribution in [3.05, 3.63) is 54.3 Å². The van der Waals surface area contributed by atoms with Gasteiger partial charge in [-0.25, -0.2) is 25.9 Å². The zero-order chi connectivity index (χ0) is 23.4. The van der Waals surface area contributed by atoms with Crippen molar-refractivity contribution < 1.29 is 30.8 Å². The van der Waals surface area contributed by atoms with Crippen molar-refractivity contribution in [1.29, 1.82) is 0 Å². The Balaban J connectivity index is 1.76. The SMILES string of the molecule is COCCN(CC(=O)Nc1ccc(F)cc1)S(=O)(=O)c1ccc(S(=O)(=O)NC2CC2)cc1. The van der Waals surface area contributed by atoms with E-state index in [4.69, 9.17) is 4.74 Å². The quantitative estimate of drug-likeness (QED) is 0.498. The summed E-state index contributed by atoms with van der Waals surface area (Å²) >= 11 is 0. The second kappa shape index (κ2) is 10.0. The van der Waals surface area contributed by atoms with Crippen molar-refractivity contribution in [3.8, 4) is 0 Å². The standard InChI is InChI=1S/C20H24FN3O6S2/c1-30-13-12-24(14-20(25)22-16-4-2-15(21)3-5-16)32(28,29)19-10-8-18(9-11-19)31(26,27)23-17-6-7-17/h2-5,8-11,17,23H,6-7,12-14H2,1H3,(H,22,25). The Kier molecular flexibility index (Phi) is 7.62. The van der Waals surface area contributed by atoms with Crippen molar-refractivity contribution in [2.45, 2.75) is 28.7 Å². The molecule has 12 heteroatoms. The second-order valence-electron chi connectivity index (χ2n) is 7.25. The van der Waals surface area contributed by atoms with Crippen LogP contribution in [0.2, 0.25) is 0 Å². The molecule has 1 aliphatic rings. The fraction of sp³-hybridized carbons (Fsp3) is 0.350. The number of nitrogens with one attached hydrogen (secondary N) is 2. The molecule has 1 fully saturated rings. The van der Waals surface area contributed by atoms with E-state index < -0.39 is 38.3 Å². The molecule has 0 heterocycles. The number of hydrogen-bond acceptors (Lipinski definition) is 6. The van der Waals surface area contributed by atoms with Gasteiger partial charge in [0, 0.05) is 25.4 Å². The smallest absolute Gasteiger partial charge is 0.243 e. The molecule has 3 rings (SSSR count). The number of anilines is 1. The summed E-state index contributed by atoms with van der Waals surface area (Å²) in [6.07, 6.45) is 1.56. The summed E-state index contributed by atoms with van der Waals surface area (Å²) in [6.45, 7) is -0.563. The highest BCUT2D eigenvalue weighted by Crippen LogP contribution is 2.23. The molecule has 0 bridgehead atoms. The summed E-state index contributed by atoms with van der Waals surface area (Å²) in [5.74, 6) is -1.09. The number of halogens is 1. The van der Waals surface area contributed by atoms with E-state index in [1.54, 1.807) is 0 Å². The van der Waals surface area contributed by atoms with Crippen LogP contribution < -0.4 is 10.0 Å². The van der Waals surface area contributed by atoms with Gasteiger partial charge in [0.05, 0.1) is 22.9 Å². The second-order valence-corrected chi connectivity index (χ2v) is 10.9. The highest BCUT2D eigenvalue weighted by molar-refractivity contribution is 7.89. The van der Waals surface area contributed by atoms with Crippen LogP contribution in [0.4, 0.5) is 10.1 Å². The molecule has 2 aromatic carbocycles. The Hall–Kier alpha value is -2.38. The molecular formula is C20H24FN3O6S2. The van der Waals surface area contributed by atoms with E-state index >= 15 is 0 Å². The van der Waals surface area contributed by atoms with Gasteiger partial charge in [-0.2, -0.15) is 4.31 Å². The maximum absolute atomic E-state index is 13.1. The predicted octanol–water partition coefficient (Wildman–Crippen LogP) is 1.54. The van der Waals surface area contributed by atoms with Crippen LogP contribution in [0.1, 0.15) is 12.8 Å². The number of sulfonamides is 2. The average Bonchev–Trinajstić information content (AvgIpc) is 3.56. The molecule has 1 saturated carbocycles. The average molecular weight is 486 g/mol. The van der Waals surface area contributed by atoms with Crippen molar-refractivity contribution in [3.63, 3.8) is 0 Å². The number of ether oxygens (including phenoxy) is 1. The molecular weight excluding hydrogens is 461 g/mol. The molecule has 0 aromatic heterocycles. The lowest BCUT2D eigenvalue weighted by molar-refractivity contribution is -0.116. The third kappa shape index (κ3) is 6.33. The molecule has 1 amide bonds. The summed E-state index contributed by atoms with van der Waals surface area (Å²) in [7, 11) is -6.44. The Bertz CT molecular complexity index is 1150. The zero-order valence-electron chi connectivity index (χ0n) is 17.3. The van der Waals surface area contributed by atoms with Crippen LogP contribution in [-0.4, -0.2) is 59.9 Å². The largest absolute Gasteiger partial charge is 0.383 e. The maximum Gasteiger partial charge on any atom is 0.243 e. The van der Waals surface area contributed by atoms with Gasteiger partial charge in [0.15, 0.2) is 0 Å². The number of hydrogen-bond donors (Lipinski definition) is 2. The van der Waals surface area contributed by atoms with Gasteiger partial charge >= 0.3 is 0 Å². The molecule has 32 heavy (non-hydrogen) atoms. The number of nitrogens with zero attached hydrogens (tertiary/aromatic N) is 1. The van der Waals surface area contributed by atoms with Crippen molar-refractivity contribution in [2.24, 2.45) is 0 Å². The Labute approximate surface area is 186 Å². The normalized spacial score (nSPS) is 14.5. The number of methoxy groups -OCH3 is 1. The van der Waals surface area contributed by atoms with Crippen LogP contribution in [0.25, 0.3) is 0 Å². The lowest BCUT2D eigenvalue weighted by Crippen LogP contribution is -2.40. The number of carbonyl (C=O) groups is 1. The third-order valence-corrected chi connectivity index (χ3v) is 8.06. The van der Waals surface area contributed by atoms with Crippen LogP contribution in [0, 0.1) is 5.82 Å². The maximum atomic E-state index is 13.1. The minimum Gasteiger partial charge on any atom is -0.383 e. The first-order chi connectivity index (χ1) is 15.1. The van der Waals surface area contributed by atoms with E-state index in [1.165, 1.54) is 55.6 Å². The molecule has 0 saturated heterocycles. The molecule has 1 aliphatic carbocycles. The van der Waals surface area contributed by atoms with E-state index in [0.29, 0.717) is 5.69 Å². The van der Waals surface area contributed by atoms with Gasteiger partial charge in [0.1, 0.15) is 5.82 Å². The summed E-state index contributed by atoms with van der Waals surface area (Å²) in [5, 5.41) is 2.51. The van der Waals surface area contributed by atoms with Crippen LogP contribution >= 0.6 is 0 Å². The number of carbonyl (C=O) groups excluding carboxylic acids is 1. The molecule has 2 N–H and O–H groups in total. The van der Waals surface area contributed by atoms with Crippen LogP contribution in [0.15, 0.2) is 58.3 Å². The first-order valence-corrected chi connectivity index (χ1v) is 12.7. The highest BCUT2D eigenvalue weighted by Gasteiger charge is 2.30. The van der Waals surface area contributed by atoms with Crippen molar-refractivity contribution >= 4 is 31.6 Å². The lowest BCUT2D eigenvalue weighted by atomic mass is 10.3. The molecule has 9 nitrogen and oxygen atoms in total. The van der Waals surface area contributed by atoms with Gasteiger partial charge in [-0.3, -0.25) is 4.79 Å². The Morgan fingerprint density at radius 2 is 1.62 bits per heavy atom. The Morgan fingerprint density at radius 3 is 2.19 bits per heavy atom. The third-order valence-electron chi connectivity index (χ3n) is 4.66. The van der Waals surface area contributed by atoms with Gasteiger partial charge in [0.25, 0.3) is 0 Å². The van der Waals surface area contributed by atoms with Crippen molar-refractivity contribution in [1.82, 2.24) is 9.03 Å². The summed E-state index contributed by atoms with van der Waals surface area (Å²) in [6, 6.07) is 9.78. The summed E-state index contributed by atoms with van der Waals surface area (Å²) in [4.78, 5) is 12.2. The fourth-order valence-electron chi connectivity index (χ4n) is 2.80. The van der Waals surface area contributed by atoms with E-state index in [1.807, 2.05) is 0 Å². The monoisotopic (exact) mass is 485 g/mol. The van der Waals surface area contributed by atoms with Gasteiger partial charge in [0.2, 0.25) is 26.0 Å². The molecule has 0 unspecified atom stereocenters.